The van der Waals surface area contributed by atoms with Crippen LogP contribution < -0.4 is 5.56 Å². The van der Waals surface area contributed by atoms with E-state index in [1.807, 2.05) is 38.1 Å². The summed E-state index contributed by atoms with van der Waals surface area (Å²) < 4.78 is 32.8. The minimum atomic E-state index is -0.462. The van der Waals surface area contributed by atoms with E-state index in [1.54, 1.807) is 30.3 Å². The van der Waals surface area contributed by atoms with Crippen molar-refractivity contribution in [1.82, 2.24) is 14.1 Å². The van der Waals surface area contributed by atoms with Crippen LogP contribution in [0.2, 0.25) is 0 Å². The molecule has 3 aromatic carbocycles. The Morgan fingerprint density at radius 1 is 0.943 bits per heavy atom. The van der Waals surface area contributed by atoms with Crippen LogP contribution in [0, 0.1) is 29.4 Å². The zero-order chi connectivity index (χ0) is 24.7. The van der Waals surface area contributed by atoms with Gasteiger partial charge in [-0.05, 0) is 67.5 Å². The van der Waals surface area contributed by atoms with Crippen LogP contribution in [0.25, 0.3) is 21.7 Å². The van der Waals surface area contributed by atoms with Crippen LogP contribution in [-0.4, -0.2) is 14.1 Å². The molecule has 2 aromatic heterocycles. The molecule has 0 unspecified atom stereocenters. The van der Waals surface area contributed by atoms with Crippen molar-refractivity contribution in [3.63, 3.8) is 0 Å². The number of rotatable bonds is 5. The van der Waals surface area contributed by atoms with E-state index >= 15 is 0 Å². The molecule has 5 aromatic rings. The lowest BCUT2D eigenvalue weighted by atomic mass is 10.2. The molecule has 0 radical (unpaired) electrons. The number of hydrogen-bond donors (Lipinski definition) is 0. The molecule has 0 aliphatic heterocycles. The van der Waals surface area contributed by atoms with E-state index in [-0.39, 0.29) is 28.5 Å². The van der Waals surface area contributed by atoms with Gasteiger partial charge in [0.05, 0.1) is 11.4 Å². The normalized spacial score (nSPS) is 11.3. The predicted molar refractivity (Wildman–Crippen MR) is 141 cm³/mol. The monoisotopic (exact) mass is 523 g/mol. The quantitative estimate of drug-likeness (QED) is 0.139. The summed E-state index contributed by atoms with van der Waals surface area (Å²) in [6, 6.07) is 18.7. The molecular weight excluding hydrogens is 505 g/mol. The molecule has 5 rings (SSSR count). The van der Waals surface area contributed by atoms with E-state index in [1.165, 1.54) is 33.0 Å². The highest BCUT2D eigenvalue weighted by atomic mass is 32.2. The van der Waals surface area contributed by atoms with Crippen molar-refractivity contribution in [2.75, 3.05) is 0 Å². The van der Waals surface area contributed by atoms with Gasteiger partial charge in [0.1, 0.15) is 16.3 Å². The smallest absolute Gasteiger partial charge is 0.272 e. The third kappa shape index (κ3) is 4.47. The van der Waals surface area contributed by atoms with Gasteiger partial charge >= 0.3 is 0 Å². The number of hydrogen-bond acceptors (Lipinski definition) is 5. The predicted octanol–water partition coefficient (Wildman–Crippen LogP) is 7.15. The van der Waals surface area contributed by atoms with Crippen molar-refractivity contribution in [3.8, 4) is 11.4 Å². The van der Waals surface area contributed by atoms with Crippen LogP contribution in [-0.2, 0) is 5.75 Å². The zero-order valence-corrected chi connectivity index (χ0v) is 21.2. The molecule has 0 spiro atoms. The third-order valence-electron chi connectivity index (χ3n) is 5.53. The van der Waals surface area contributed by atoms with Gasteiger partial charge in [-0.3, -0.25) is 13.9 Å². The van der Waals surface area contributed by atoms with Gasteiger partial charge in [-0.2, -0.15) is 0 Å². The first-order valence-corrected chi connectivity index (χ1v) is 12.9. The Kier molecular flexibility index (Phi) is 6.39. The fourth-order valence-electron chi connectivity index (χ4n) is 3.72. The molecule has 0 saturated heterocycles. The molecule has 0 fully saturated rings. The van der Waals surface area contributed by atoms with Gasteiger partial charge in [0.2, 0.25) is 0 Å². The number of benzene rings is 3. The maximum absolute atomic E-state index is 14.8. The molecule has 0 atom stereocenters. The number of thioether (sulfide) groups is 1. The summed E-state index contributed by atoms with van der Waals surface area (Å²) in [6.07, 6.45) is 0. The van der Waals surface area contributed by atoms with Gasteiger partial charge < -0.3 is 0 Å². The molecule has 35 heavy (non-hydrogen) atoms. The molecule has 4 nitrogen and oxygen atoms in total. The summed E-state index contributed by atoms with van der Waals surface area (Å²) in [6.45, 7) is 3.82. The fourth-order valence-corrected chi connectivity index (χ4v) is 6.00. The second-order valence-electron chi connectivity index (χ2n) is 8.06. The van der Waals surface area contributed by atoms with Gasteiger partial charge in [-0.25, -0.2) is 13.8 Å². The van der Waals surface area contributed by atoms with Gasteiger partial charge in [0.15, 0.2) is 14.8 Å². The van der Waals surface area contributed by atoms with E-state index in [9.17, 15) is 13.6 Å². The van der Waals surface area contributed by atoms with Crippen molar-refractivity contribution in [2.24, 2.45) is 0 Å². The van der Waals surface area contributed by atoms with Crippen LogP contribution in [0.15, 0.2) is 76.7 Å². The molecule has 9 heteroatoms. The molecule has 0 saturated carbocycles. The van der Waals surface area contributed by atoms with E-state index in [0.29, 0.717) is 25.1 Å². The lowest BCUT2D eigenvalue weighted by molar-refractivity contribution is 0.617. The minimum absolute atomic E-state index is 0.242. The Morgan fingerprint density at radius 2 is 1.66 bits per heavy atom. The summed E-state index contributed by atoms with van der Waals surface area (Å²) in [5.74, 6) is -0.526. The number of thiazole rings is 1. The Bertz CT molecular complexity index is 1690. The fraction of sp³-hybridized carbons (Fsp3) is 0.115. The number of aryl methyl sites for hydroxylation is 2. The van der Waals surface area contributed by atoms with Gasteiger partial charge in [0.25, 0.3) is 5.56 Å². The van der Waals surface area contributed by atoms with Crippen molar-refractivity contribution >= 4 is 45.7 Å². The third-order valence-corrected chi connectivity index (χ3v) is 7.86. The van der Waals surface area contributed by atoms with Crippen LogP contribution in [0.5, 0.6) is 0 Å². The molecule has 0 aliphatic rings. The Balaban J connectivity index is 1.76. The first-order valence-electron chi connectivity index (χ1n) is 10.7. The largest absolute Gasteiger partial charge is 0.278 e. The second-order valence-corrected chi connectivity index (χ2v) is 10.6. The van der Waals surface area contributed by atoms with E-state index in [0.717, 1.165) is 22.5 Å². The first kappa shape index (κ1) is 23.6. The van der Waals surface area contributed by atoms with Crippen LogP contribution in [0.4, 0.5) is 8.78 Å². The summed E-state index contributed by atoms with van der Waals surface area (Å²) in [5.41, 5.74) is 3.25. The lowest BCUT2D eigenvalue weighted by Crippen LogP contribution is -2.21. The van der Waals surface area contributed by atoms with Gasteiger partial charge in [-0.15, -0.1) is 0 Å². The number of nitrogens with zero attached hydrogens (tertiary/aromatic N) is 3. The molecule has 2 heterocycles. The lowest BCUT2D eigenvalue weighted by Gasteiger charge is -2.14. The standard InChI is InChI=1S/C26H19F2N3OS3/c1-15-7-10-18(11-8-15)30-24(32)22-23(29-25(30)34-14-17-5-3-4-6-19(17)27)31(26(33)35-22)21-13-16(2)9-12-20(21)28/h3-13H,14H2,1-2H3. The van der Waals surface area contributed by atoms with Crippen molar-refractivity contribution in [1.29, 1.82) is 0 Å². The highest BCUT2D eigenvalue weighted by Crippen LogP contribution is 2.30. The first-order chi connectivity index (χ1) is 16.8. The summed E-state index contributed by atoms with van der Waals surface area (Å²) in [4.78, 5) is 18.5. The minimum Gasteiger partial charge on any atom is -0.272 e. The Morgan fingerprint density at radius 3 is 2.40 bits per heavy atom. The Hall–Kier alpha value is -3.14. The number of fused-ring (bicyclic) bond motifs is 1. The molecule has 176 valence electrons. The van der Waals surface area contributed by atoms with Crippen molar-refractivity contribution < 1.29 is 8.78 Å². The van der Waals surface area contributed by atoms with Gasteiger partial charge in [0, 0.05) is 5.75 Å². The number of aromatic nitrogens is 3. The van der Waals surface area contributed by atoms with E-state index in [4.69, 9.17) is 17.2 Å². The molecule has 0 N–H and O–H groups in total. The molecule has 0 amide bonds. The summed E-state index contributed by atoms with van der Waals surface area (Å²) in [5, 5.41) is 0.365. The number of halogens is 2. The summed E-state index contributed by atoms with van der Waals surface area (Å²) >= 11 is 7.88. The average molecular weight is 524 g/mol. The molecule has 0 aliphatic carbocycles. The SMILES string of the molecule is Cc1ccc(-n2c(SCc3ccccc3F)nc3c(sc(=S)n3-c3cc(C)ccc3F)c2=O)cc1. The van der Waals surface area contributed by atoms with Crippen LogP contribution in [0.1, 0.15) is 16.7 Å². The molecular formula is C26H19F2N3OS3. The highest BCUT2D eigenvalue weighted by Gasteiger charge is 2.21. The Labute approximate surface area is 213 Å². The van der Waals surface area contributed by atoms with Crippen molar-refractivity contribution in [3.05, 3.63) is 109 Å². The summed E-state index contributed by atoms with van der Waals surface area (Å²) in [7, 11) is 0. The maximum atomic E-state index is 14.8. The maximum Gasteiger partial charge on any atom is 0.278 e. The molecule has 0 bridgehead atoms. The van der Waals surface area contributed by atoms with Crippen LogP contribution >= 0.6 is 35.3 Å². The van der Waals surface area contributed by atoms with Gasteiger partial charge in [-0.1, -0.05) is 65.1 Å². The topological polar surface area (TPSA) is 39.8 Å². The second kappa shape index (κ2) is 9.49. The zero-order valence-electron chi connectivity index (χ0n) is 18.8. The highest BCUT2D eigenvalue weighted by molar-refractivity contribution is 7.98. The average Bonchev–Trinajstić information content (AvgIpc) is 3.17. The van der Waals surface area contributed by atoms with E-state index < -0.39 is 5.82 Å². The van der Waals surface area contributed by atoms with Crippen LogP contribution in [0.3, 0.4) is 0 Å². The van der Waals surface area contributed by atoms with E-state index in [2.05, 4.69) is 0 Å². The van der Waals surface area contributed by atoms with Crippen molar-refractivity contribution in [2.45, 2.75) is 24.8 Å².